The molecule has 72 valence electrons. The summed E-state index contributed by atoms with van der Waals surface area (Å²) in [6, 6.07) is 0. The van der Waals surface area contributed by atoms with Crippen molar-refractivity contribution in [3.05, 3.63) is 0 Å². The highest BCUT2D eigenvalue weighted by Crippen LogP contribution is 2.18. The Kier molecular flexibility index (Phi) is 4.62. The molecule has 1 aliphatic rings. The molecule has 1 unspecified atom stereocenters. The number of methoxy groups -OCH3 is 1. The molecule has 12 heavy (non-hydrogen) atoms. The van der Waals surface area contributed by atoms with E-state index in [1.165, 1.54) is 38.9 Å². The molecule has 0 aromatic carbocycles. The first-order valence-electron chi connectivity index (χ1n) is 5.08. The SMILES string of the molecule is CCN1CCCC(CCOC)C1. The van der Waals surface area contributed by atoms with Crippen LogP contribution in [0.15, 0.2) is 0 Å². The van der Waals surface area contributed by atoms with Crippen molar-refractivity contribution in [3.63, 3.8) is 0 Å². The summed E-state index contributed by atoms with van der Waals surface area (Å²) >= 11 is 0. The number of nitrogens with zero attached hydrogens (tertiary/aromatic N) is 1. The molecule has 1 atom stereocenters. The van der Waals surface area contributed by atoms with Crippen LogP contribution in [0.5, 0.6) is 0 Å². The van der Waals surface area contributed by atoms with Crippen LogP contribution in [0.1, 0.15) is 26.2 Å². The maximum Gasteiger partial charge on any atom is 0.0465 e. The lowest BCUT2D eigenvalue weighted by atomic mass is 9.95. The number of likely N-dealkylation sites (tertiary alicyclic amines) is 1. The summed E-state index contributed by atoms with van der Waals surface area (Å²) in [5.74, 6) is 0.888. The Balaban J connectivity index is 2.16. The van der Waals surface area contributed by atoms with Gasteiger partial charge in [-0.05, 0) is 38.3 Å². The van der Waals surface area contributed by atoms with Crippen LogP contribution in [0.3, 0.4) is 0 Å². The summed E-state index contributed by atoms with van der Waals surface area (Å²) in [5, 5.41) is 0. The molecule has 0 radical (unpaired) electrons. The lowest BCUT2D eigenvalue weighted by molar-refractivity contribution is 0.130. The van der Waals surface area contributed by atoms with Crippen molar-refractivity contribution in [3.8, 4) is 0 Å². The van der Waals surface area contributed by atoms with Gasteiger partial charge < -0.3 is 9.64 Å². The van der Waals surface area contributed by atoms with Crippen LogP contribution in [0.4, 0.5) is 0 Å². The summed E-state index contributed by atoms with van der Waals surface area (Å²) in [6.45, 7) is 6.99. The number of rotatable bonds is 4. The Morgan fingerprint density at radius 1 is 1.50 bits per heavy atom. The van der Waals surface area contributed by atoms with E-state index in [0.29, 0.717) is 0 Å². The Hall–Kier alpha value is -0.0800. The van der Waals surface area contributed by atoms with Crippen LogP contribution in [0.2, 0.25) is 0 Å². The van der Waals surface area contributed by atoms with Crippen LogP contribution < -0.4 is 0 Å². The molecular formula is C10H21NO. The fourth-order valence-corrected chi connectivity index (χ4v) is 1.96. The maximum atomic E-state index is 5.09. The Labute approximate surface area is 75.9 Å². The summed E-state index contributed by atoms with van der Waals surface area (Å²) in [7, 11) is 1.79. The minimum Gasteiger partial charge on any atom is -0.385 e. The number of hydrogen-bond donors (Lipinski definition) is 0. The number of piperidine rings is 1. The van der Waals surface area contributed by atoms with Crippen LogP contribution in [-0.2, 0) is 4.74 Å². The molecule has 0 aromatic rings. The first-order chi connectivity index (χ1) is 5.86. The van der Waals surface area contributed by atoms with E-state index in [1.54, 1.807) is 7.11 Å². The van der Waals surface area contributed by atoms with E-state index in [9.17, 15) is 0 Å². The highest BCUT2D eigenvalue weighted by Gasteiger charge is 2.17. The number of hydrogen-bond acceptors (Lipinski definition) is 2. The smallest absolute Gasteiger partial charge is 0.0465 e. The lowest BCUT2D eigenvalue weighted by Crippen LogP contribution is -2.35. The van der Waals surface area contributed by atoms with Gasteiger partial charge in [0.1, 0.15) is 0 Å². The standard InChI is InChI=1S/C10H21NO/c1-3-11-7-4-5-10(9-11)6-8-12-2/h10H,3-9H2,1-2H3. The van der Waals surface area contributed by atoms with E-state index >= 15 is 0 Å². The molecule has 1 rings (SSSR count). The average molecular weight is 171 g/mol. The second kappa shape index (κ2) is 5.55. The largest absolute Gasteiger partial charge is 0.385 e. The van der Waals surface area contributed by atoms with Gasteiger partial charge in [-0.25, -0.2) is 0 Å². The Morgan fingerprint density at radius 3 is 3.00 bits per heavy atom. The van der Waals surface area contributed by atoms with Crippen molar-refractivity contribution in [2.75, 3.05) is 33.4 Å². The van der Waals surface area contributed by atoms with E-state index in [4.69, 9.17) is 4.74 Å². The van der Waals surface area contributed by atoms with Crippen LogP contribution in [0, 0.1) is 5.92 Å². The van der Waals surface area contributed by atoms with Gasteiger partial charge in [-0.1, -0.05) is 6.92 Å². The summed E-state index contributed by atoms with van der Waals surface area (Å²) in [4.78, 5) is 2.55. The van der Waals surface area contributed by atoms with E-state index in [1.807, 2.05) is 0 Å². The van der Waals surface area contributed by atoms with Crippen molar-refractivity contribution >= 4 is 0 Å². The quantitative estimate of drug-likeness (QED) is 0.639. The topological polar surface area (TPSA) is 12.5 Å². The zero-order valence-electron chi connectivity index (χ0n) is 8.38. The molecular weight excluding hydrogens is 150 g/mol. The third-order valence-corrected chi connectivity index (χ3v) is 2.78. The van der Waals surface area contributed by atoms with Gasteiger partial charge in [0.25, 0.3) is 0 Å². The third kappa shape index (κ3) is 3.11. The summed E-state index contributed by atoms with van der Waals surface area (Å²) < 4.78 is 5.09. The molecule has 0 spiro atoms. The predicted molar refractivity (Wildman–Crippen MR) is 51.3 cm³/mol. The average Bonchev–Trinajstić information content (AvgIpc) is 2.15. The van der Waals surface area contributed by atoms with Crippen molar-refractivity contribution < 1.29 is 4.74 Å². The highest BCUT2D eigenvalue weighted by atomic mass is 16.5. The minimum absolute atomic E-state index is 0.888. The van der Waals surface area contributed by atoms with Gasteiger partial charge in [-0.15, -0.1) is 0 Å². The van der Waals surface area contributed by atoms with Gasteiger partial charge in [-0.2, -0.15) is 0 Å². The molecule has 2 nitrogen and oxygen atoms in total. The molecule has 1 fully saturated rings. The molecule has 0 saturated carbocycles. The molecule has 0 aromatic heterocycles. The van der Waals surface area contributed by atoms with E-state index in [2.05, 4.69) is 11.8 Å². The molecule has 2 heteroatoms. The molecule has 0 amide bonds. The van der Waals surface area contributed by atoms with Crippen LogP contribution in [-0.4, -0.2) is 38.3 Å². The lowest BCUT2D eigenvalue weighted by Gasteiger charge is -2.31. The van der Waals surface area contributed by atoms with Crippen molar-refractivity contribution in [2.45, 2.75) is 26.2 Å². The van der Waals surface area contributed by atoms with Gasteiger partial charge in [0.15, 0.2) is 0 Å². The molecule has 0 bridgehead atoms. The van der Waals surface area contributed by atoms with E-state index in [0.717, 1.165) is 12.5 Å². The van der Waals surface area contributed by atoms with Gasteiger partial charge in [0, 0.05) is 20.3 Å². The molecule has 1 saturated heterocycles. The second-order valence-corrected chi connectivity index (χ2v) is 3.68. The normalized spacial score (nSPS) is 26.0. The maximum absolute atomic E-state index is 5.09. The third-order valence-electron chi connectivity index (χ3n) is 2.78. The van der Waals surface area contributed by atoms with Gasteiger partial charge in [0.05, 0.1) is 0 Å². The minimum atomic E-state index is 0.888. The second-order valence-electron chi connectivity index (χ2n) is 3.68. The van der Waals surface area contributed by atoms with Gasteiger partial charge >= 0.3 is 0 Å². The fourth-order valence-electron chi connectivity index (χ4n) is 1.96. The number of ether oxygens (including phenoxy) is 1. The Morgan fingerprint density at radius 2 is 2.33 bits per heavy atom. The zero-order valence-corrected chi connectivity index (χ0v) is 8.38. The first-order valence-corrected chi connectivity index (χ1v) is 5.08. The van der Waals surface area contributed by atoms with Gasteiger partial charge in [-0.3, -0.25) is 0 Å². The summed E-state index contributed by atoms with van der Waals surface area (Å²) in [6.07, 6.45) is 4.02. The highest BCUT2D eigenvalue weighted by molar-refractivity contribution is 4.71. The van der Waals surface area contributed by atoms with Crippen molar-refractivity contribution in [1.29, 1.82) is 0 Å². The first kappa shape index (κ1) is 10.0. The van der Waals surface area contributed by atoms with Crippen molar-refractivity contribution in [1.82, 2.24) is 4.90 Å². The molecule has 1 heterocycles. The van der Waals surface area contributed by atoms with E-state index in [-0.39, 0.29) is 0 Å². The molecule has 1 aliphatic heterocycles. The van der Waals surface area contributed by atoms with Gasteiger partial charge in [0.2, 0.25) is 0 Å². The summed E-state index contributed by atoms with van der Waals surface area (Å²) in [5.41, 5.74) is 0. The Bertz CT molecular complexity index is 116. The van der Waals surface area contributed by atoms with Crippen LogP contribution >= 0.6 is 0 Å². The van der Waals surface area contributed by atoms with E-state index < -0.39 is 0 Å². The fraction of sp³-hybridized carbons (Fsp3) is 1.00. The monoisotopic (exact) mass is 171 g/mol. The predicted octanol–water partition coefficient (Wildman–Crippen LogP) is 1.75. The van der Waals surface area contributed by atoms with Crippen LogP contribution in [0.25, 0.3) is 0 Å². The zero-order chi connectivity index (χ0) is 8.81. The molecule has 0 aliphatic carbocycles. The molecule has 0 N–H and O–H groups in total. The van der Waals surface area contributed by atoms with Crippen molar-refractivity contribution in [2.24, 2.45) is 5.92 Å².